The van der Waals surface area contributed by atoms with Crippen molar-refractivity contribution in [2.75, 3.05) is 12.4 Å². The first-order valence-electron chi connectivity index (χ1n) is 15.9. The van der Waals surface area contributed by atoms with Gasteiger partial charge in [0.15, 0.2) is 6.10 Å². The number of hydrogen-bond acceptors (Lipinski definition) is 7. The van der Waals surface area contributed by atoms with E-state index in [1.807, 2.05) is 55.5 Å². The Morgan fingerprint density at radius 2 is 1.33 bits per heavy atom. The van der Waals surface area contributed by atoms with E-state index in [1.165, 1.54) is 11.8 Å². The van der Waals surface area contributed by atoms with Crippen LogP contribution in [-0.4, -0.2) is 61.6 Å². The lowest BCUT2D eigenvalue weighted by Crippen LogP contribution is -2.68. The largest absolute Gasteiger partial charge is 0.452 e. The van der Waals surface area contributed by atoms with Crippen LogP contribution in [0.15, 0.2) is 121 Å². The predicted molar refractivity (Wildman–Crippen MR) is 187 cm³/mol. The molecule has 4 aromatic rings. The number of benzene rings is 4. The van der Waals surface area contributed by atoms with Crippen molar-refractivity contribution < 1.29 is 28.5 Å². The third-order valence-electron chi connectivity index (χ3n) is 8.37. The number of aliphatic hydroxyl groups excluding tert-OH is 1. The molecule has 1 heterocycles. The highest BCUT2D eigenvalue weighted by molar-refractivity contribution is 7.99. The SMILES string of the molecule is CCS[C@H]1O[C@H](CO[Si](c2ccccc2)(c2ccccc2)C(C)(C)C)[C@@H](OCc2ccccc2)[C@H](O)[C@@H]1OC(=O)c1ccccc1. The van der Waals surface area contributed by atoms with Crippen molar-refractivity contribution in [3.8, 4) is 0 Å². The van der Waals surface area contributed by atoms with Crippen LogP contribution in [0, 0.1) is 0 Å². The van der Waals surface area contributed by atoms with Gasteiger partial charge in [0, 0.05) is 0 Å². The van der Waals surface area contributed by atoms with Crippen LogP contribution in [0.5, 0.6) is 0 Å². The Morgan fingerprint density at radius 3 is 1.85 bits per heavy atom. The average Bonchev–Trinajstić information content (AvgIpc) is 3.07. The first-order valence-corrected chi connectivity index (χ1v) is 18.8. The summed E-state index contributed by atoms with van der Waals surface area (Å²) in [6.45, 7) is 9.15. The number of esters is 1. The number of ether oxygens (including phenoxy) is 3. The van der Waals surface area contributed by atoms with E-state index in [9.17, 15) is 9.90 Å². The van der Waals surface area contributed by atoms with Crippen molar-refractivity contribution in [3.63, 3.8) is 0 Å². The Bertz CT molecular complexity index is 1460. The van der Waals surface area contributed by atoms with Crippen LogP contribution >= 0.6 is 11.8 Å². The number of rotatable bonds is 12. The van der Waals surface area contributed by atoms with Gasteiger partial charge in [0.25, 0.3) is 8.32 Å². The van der Waals surface area contributed by atoms with Crippen LogP contribution in [0.1, 0.15) is 43.6 Å². The average molecular weight is 657 g/mol. The van der Waals surface area contributed by atoms with Crippen molar-refractivity contribution in [1.29, 1.82) is 0 Å². The van der Waals surface area contributed by atoms with Gasteiger partial charge < -0.3 is 23.7 Å². The van der Waals surface area contributed by atoms with E-state index in [0.717, 1.165) is 15.9 Å². The maximum atomic E-state index is 13.2. The lowest BCUT2D eigenvalue weighted by atomic mass is 9.99. The van der Waals surface area contributed by atoms with E-state index in [4.69, 9.17) is 18.6 Å². The molecule has 1 fully saturated rings. The molecule has 46 heavy (non-hydrogen) atoms. The minimum atomic E-state index is -2.91. The van der Waals surface area contributed by atoms with Gasteiger partial charge in [-0.15, -0.1) is 11.8 Å². The normalized spacial score (nSPS) is 21.9. The van der Waals surface area contributed by atoms with Gasteiger partial charge in [0.2, 0.25) is 0 Å². The monoisotopic (exact) mass is 656 g/mol. The van der Waals surface area contributed by atoms with Gasteiger partial charge in [-0.25, -0.2) is 4.79 Å². The molecule has 1 saturated heterocycles. The minimum absolute atomic E-state index is 0.184. The summed E-state index contributed by atoms with van der Waals surface area (Å²) in [5.74, 6) is 0.188. The standard InChI is InChI=1S/C38H44O6SSi/c1-5-45-37-35(44-36(40)29-20-12-7-13-21-29)33(39)34(41-26-28-18-10-6-11-19-28)32(43-37)27-42-46(38(2,3)4,30-22-14-8-15-23-30)31-24-16-9-17-25-31/h6-25,32-35,37,39H,5,26-27H2,1-4H3/t32-,33+,34-,35+,37-/m1/s1. The molecule has 0 amide bonds. The number of carbonyl (C=O) groups excluding carboxylic acids is 1. The fraction of sp³-hybridized carbons (Fsp3) is 0.342. The Hall–Kier alpha value is -3.24. The lowest BCUT2D eigenvalue weighted by molar-refractivity contribution is -0.222. The summed E-state index contributed by atoms with van der Waals surface area (Å²) in [6.07, 6.45) is -3.54. The van der Waals surface area contributed by atoms with E-state index in [2.05, 4.69) is 69.3 Å². The summed E-state index contributed by atoms with van der Waals surface area (Å²) < 4.78 is 26.4. The fourth-order valence-electron chi connectivity index (χ4n) is 6.16. The molecule has 6 nitrogen and oxygen atoms in total. The molecule has 0 spiro atoms. The van der Waals surface area contributed by atoms with Crippen LogP contribution in [0.25, 0.3) is 0 Å². The zero-order valence-corrected chi connectivity index (χ0v) is 28.8. The first-order chi connectivity index (χ1) is 22.2. The highest BCUT2D eigenvalue weighted by atomic mass is 32.2. The molecule has 8 heteroatoms. The van der Waals surface area contributed by atoms with Crippen molar-refractivity contribution >= 4 is 36.4 Å². The first kappa shape index (κ1) is 34.1. The van der Waals surface area contributed by atoms with Crippen LogP contribution in [-0.2, 0) is 25.2 Å². The summed E-state index contributed by atoms with van der Waals surface area (Å²) in [6, 6.07) is 39.5. The van der Waals surface area contributed by atoms with Gasteiger partial charge in [-0.2, -0.15) is 0 Å². The Labute approximate surface area is 278 Å². The van der Waals surface area contributed by atoms with Crippen molar-refractivity contribution in [2.45, 2.75) is 69.2 Å². The molecule has 0 saturated carbocycles. The molecule has 0 aromatic heterocycles. The van der Waals surface area contributed by atoms with Crippen molar-refractivity contribution in [2.24, 2.45) is 0 Å². The number of carbonyl (C=O) groups is 1. The molecule has 242 valence electrons. The fourth-order valence-corrected chi connectivity index (χ4v) is 11.7. The van der Waals surface area contributed by atoms with E-state index < -0.39 is 44.1 Å². The smallest absolute Gasteiger partial charge is 0.338 e. The summed E-state index contributed by atoms with van der Waals surface area (Å²) >= 11 is 1.49. The molecule has 0 radical (unpaired) electrons. The second-order valence-electron chi connectivity index (χ2n) is 12.5. The van der Waals surface area contributed by atoms with Gasteiger partial charge in [0.05, 0.1) is 18.8 Å². The molecule has 0 bridgehead atoms. The Morgan fingerprint density at radius 1 is 0.804 bits per heavy atom. The van der Waals surface area contributed by atoms with Crippen LogP contribution in [0.2, 0.25) is 5.04 Å². The zero-order valence-electron chi connectivity index (χ0n) is 27.0. The van der Waals surface area contributed by atoms with Gasteiger partial charge in [-0.1, -0.05) is 137 Å². The molecule has 1 N–H and O–H groups in total. The summed E-state index contributed by atoms with van der Waals surface area (Å²) in [5, 5.41) is 14.0. The molecule has 4 aromatic carbocycles. The maximum absolute atomic E-state index is 13.2. The lowest BCUT2D eigenvalue weighted by Gasteiger charge is -2.47. The van der Waals surface area contributed by atoms with Crippen LogP contribution in [0.4, 0.5) is 0 Å². The zero-order chi connectivity index (χ0) is 32.6. The van der Waals surface area contributed by atoms with E-state index >= 15 is 0 Å². The molecule has 5 rings (SSSR count). The topological polar surface area (TPSA) is 74.2 Å². The summed E-state index contributed by atoms with van der Waals surface area (Å²) in [5.41, 5.74) is 0.759. The van der Waals surface area contributed by atoms with Gasteiger partial charge >= 0.3 is 5.97 Å². The quantitative estimate of drug-likeness (QED) is 0.144. The molecular formula is C38H44O6SSi. The highest BCUT2D eigenvalue weighted by Gasteiger charge is 2.53. The molecular weight excluding hydrogens is 613 g/mol. The molecule has 1 aliphatic rings. The van der Waals surface area contributed by atoms with Crippen LogP contribution < -0.4 is 10.4 Å². The number of hydrogen-bond donors (Lipinski definition) is 1. The van der Waals surface area contributed by atoms with Gasteiger partial charge in [-0.3, -0.25) is 0 Å². The molecule has 1 aliphatic heterocycles. The van der Waals surface area contributed by atoms with Crippen molar-refractivity contribution in [3.05, 3.63) is 132 Å². The third kappa shape index (κ3) is 7.65. The predicted octanol–water partition coefficient (Wildman–Crippen LogP) is 6.21. The van der Waals surface area contributed by atoms with Crippen LogP contribution in [0.3, 0.4) is 0 Å². The van der Waals surface area contributed by atoms with Crippen molar-refractivity contribution in [1.82, 2.24) is 0 Å². The van der Waals surface area contributed by atoms with E-state index in [1.54, 1.807) is 24.3 Å². The second-order valence-corrected chi connectivity index (χ2v) is 18.1. The highest BCUT2D eigenvalue weighted by Crippen LogP contribution is 2.39. The van der Waals surface area contributed by atoms with Gasteiger partial charge in [0.1, 0.15) is 23.7 Å². The molecule has 0 aliphatic carbocycles. The maximum Gasteiger partial charge on any atom is 0.338 e. The number of thioether (sulfide) groups is 1. The Kier molecular flexibility index (Phi) is 11.5. The third-order valence-corrected chi connectivity index (χ3v) is 14.4. The van der Waals surface area contributed by atoms with Gasteiger partial charge in [-0.05, 0) is 38.9 Å². The second kappa shape index (κ2) is 15.6. The number of aliphatic hydroxyl groups is 1. The summed E-state index contributed by atoms with van der Waals surface area (Å²) in [7, 11) is -2.91. The minimum Gasteiger partial charge on any atom is -0.452 e. The molecule has 5 atom stereocenters. The summed E-state index contributed by atoms with van der Waals surface area (Å²) in [4.78, 5) is 13.2. The van der Waals surface area contributed by atoms with E-state index in [0.29, 0.717) is 11.3 Å². The Balaban J connectivity index is 1.49. The van der Waals surface area contributed by atoms with E-state index in [-0.39, 0.29) is 18.3 Å². The molecule has 0 unspecified atom stereocenters.